The number of halogens is 2. The lowest BCUT2D eigenvalue weighted by atomic mass is 10.00. The minimum absolute atomic E-state index is 0.0752. The summed E-state index contributed by atoms with van der Waals surface area (Å²) in [6.07, 6.45) is 0.442. The third kappa shape index (κ3) is 2.24. The maximum atomic E-state index is 13.7. The van der Waals surface area contributed by atoms with Gasteiger partial charge in [0.15, 0.2) is 5.67 Å². The highest BCUT2D eigenvalue weighted by atomic mass is 79.9. The Labute approximate surface area is 106 Å². The maximum absolute atomic E-state index is 13.7. The van der Waals surface area contributed by atoms with E-state index in [0.717, 1.165) is 0 Å². The van der Waals surface area contributed by atoms with Crippen molar-refractivity contribution in [2.24, 2.45) is 0 Å². The van der Waals surface area contributed by atoms with Crippen LogP contribution in [-0.4, -0.2) is 24.5 Å². The molecular weight excluding hydrogens is 291 g/mol. The fourth-order valence-corrected chi connectivity index (χ4v) is 1.93. The first-order chi connectivity index (χ1) is 7.98. The fraction of sp³-hybridized carbons (Fsp3) is 0.333. The number of hydrogen-bond donors (Lipinski definition) is 0. The van der Waals surface area contributed by atoms with Crippen LogP contribution >= 0.6 is 15.9 Å². The second-order valence-electron chi connectivity index (χ2n) is 3.98. The Balaban J connectivity index is 2.47. The molecule has 0 amide bonds. The molecule has 1 aliphatic carbocycles. The molecule has 1 aromatic carbocycles. The lowest BCUT2D eigenvalue weighted by Gasteiger charge is -2.09. The number of esters is 1. The second kappa shape index (κ2) is 4.22. The molecular formula is C12H10BrFO3. The van der Waals surface area contributed by atoms with Gasteiger partial charge >= 0.3 is 5.97 Å². The zero-order chi connectivity index (χ0) is 12.6. The van der Waals surface area contributed by atoms with E-state index in [0.29, 0.717) is 4.47 Å². The van der Waals surface area contributed by atoms with Crippen molar-refractivity contribution in [2.45, 2.75) is 18.5 Å². The largest absolute Gasteiger partial charge is 0.465 e. The topological polar surface area (TPSA) is 43.4 Å². The van der Waals surface area contributed by atoms with Crippen molar-refractivity contribution in [1.29, 1.82) is 0 Å². The fourth-order valence-electron chi connectivity index (χ4n) is 1.57. The molecule has 0 N–H and O–H groups in total. The molecule has 0 spiro atoms. The zero-order valence-corrected chi connectivity index (χ0v) is 10.7. The predicted molar refractivity (Wildman–Crippen MR) is 62.9 cm³/mol. The summed E-state index contributed by atoms with van der Waals surface area (Å²) < 4.78 is 18.9. The van der Waals surface area contributed by atoms with Crippen LogP contribution < -0.4 is 0 Å². The van der Waals surface area contributed by atoms with E-state index in [1.54, 1.807) is 6.07 Å². The van der Waals surface area contributed by atoms with Crippen molar-refractivity contribution >= 4 is 27.7 Å². The van der Waals surface area contributed by atoms with Crippen molar-refractivity contribution in [3.63, 3.8) is 0 Å². The standard InChI is InChI=1S/C12H10BrFO3/c1-17-11(16)8-3-2-7(13)6-9(8)10(15)12(14)4-5-12/h2-3,6H,4-5H2,1H3. The Morgan fingerprint density at radius 2 is 2.00 bits per heavy atom. The summed E-state index contributed by atoms with van der Waals surface area (Å²) in [5.74, 6) is -1.27. The summed E-state index contributed by atoms with van der Waals surface area (Å²) in [7, 11) is 1.22. The smallest absolute Gasteiger partial charge is 0.338 e. The van der Waals surface area contributed by atoms with Crippen molar-refractivity contribution in [1.82, 2.24) is 0 Å². The molecule has 1 fully saturated rings. The van der Waals surface area contributed by atoms with Crippen LogP contribution in [0.3, 0.4) is 0 Å². The number of hydrogen-bond acceptors (Lipinski definition) is 3. The molecule has 1 saturated carbocycles. The Morgan fingerprint density at radius 3 is 2.53 bits per heavy atom. The Morgan fingerprint density at radius 1 is 1.35 bits per heavy atom. The highest BCUT2D eigenvalue weighted by Crippen LogP contribution is 2.43. The van der Waals surface area contributed by atoms with Crippen LogP contribution in [0, 0.1) is 0 Å². The molecule has 0 saturated heterocycles. The third-order valence-electron chi connectivity index (χ3n) is 2.73. The molecule has 5 heteroatoms. The summed E-state index contributed by atoms with van der Waals surface area (Å²) >= 11 is 3.20. The lowest BCUT2D eigenvalue weighted by Crippen LogP contribution is -2.20. The molecule has 0 bridgehead atoms. The monoisotopic (exact) mass is 300 g/mol. The molecule has 17 heavy (non-hydrogen) atoms. The Kier molecular flexibility index (Phi) is 3.03. The van der Waals surface area contributed by atoms with Gasteiger partial charge in [0, 0.05) is 10.0 Å². The number of carbonyl (C=O) groups is 2. The highest BCUT2D eigenvalue weighted by Gasteiger charge is 2.51. The molecule has 1 aromatic rings. The first-order valence-electron chi connectivity index (χ1n) is 5.09. The van der Waals surface area contributed by atoms with Gasteiger partial charge in [-0.15, -0.1) is 0 Å². The van der Waals surface area contributed by atoms with Crippen molar-refractivity contribution < 1.29 is 18.7 Å². The third-order valence-corrected chi connectivity index (χ3v) is 3.22. The second-order valence-corrected chi connectivity index (χ2v) is 4.89. The van der Waals surface area contributed by atoms with E-state index in [1.165, 1.54) is 19.2 Å². The van der Waals surface area contributed by atoms with Crippen LogP contribution in [0.1, 0.15) is 33.6 Å². The first kappa shape index (κ1) is 12.2. The lowest BCUT2D eigenvalue weighted by molar-refractivity contribution is 0.0595. The molecule has 0 aliphatic heterocycles. The van der Waals surface area contributed by atoms with Crippen LogP contribution in [0.2, 0.25) is 0 Å². The molecule has 3 nitrogen and oxygen atoms in total. The van der Waals surface area contributed by atoms with Crippen molar-refractivity contribution in [2.75, 3.05) is 7.11 Å². The van der Waals surface area contributed by atoms with Gasteiger partial charge < -0.3 is 4.74 Å². The minimum atomic E-state index is -1.79. The van der Waals surface area contributed by atoms with Gasteiger partial charge in [0.05, 0.1) is 12.7 Å². The predicted octanol–water partition coefficient (Wildman–Crippen LogP) is 2.92. The number of rotatable bonds is 3. The van der Waals surface area contributed by atoms with Gasteiger partial charge in [0.2, 0.25) is 5.78 Å². The minimum Gasteiger partial charge on any atom is -0.465 e. The van der Waals surface area contributed by atoms with E-state index in [4.69, 9.17) is 0 Å². The number of benzene rings is 1. The van der Waals surface area contributed by atoms with Crippen LogP contribution in [0.15, 0.2) is 22.7 Å². The van der Waals surface area contributed by atoms with E-state index in [2.05, 4.69) is 20.7 Å². The average Bonchev–Trinajstić information content (AvgIpc) is 3.06. The molecule has 0 radical (unpaired) electrons. The van der Waals surface area contributed by atoms with E-state index in [9.17, 15) is 14.0 Å². The molecule has 2 rings (SSSR count). The average molecular weight is 301 g/mol. The van der Waals surface area contributed by atoms with Crippen LogP contribution in [-0.2, 0) is 4.74 Å². The summed E-state index contributed by atoms with van der Waals surface area (Å²) in [6, 6.07) is 4.52. The van der Waals surface area contributed by atoms with Crippen LogP contribution in [0.4, 0.5) is 4.39 Å². The summed E-state index contributed by atoms with van der Waals surface area (Å²) in [5.41, 5.74) is -1.61. The number of ether oxygens (including phenoxy) is 1. The van der Waals surface area contributed by atoms with Gasteiger partial charge in [-0.1, -0.05) is 15.9 Å². The summed E-state index contributed by atoms with van der Waals surface area (Å²) in [4.78, 5) is 23.4. The van der Waals surface area contributed by atoms with Gasteiger partial charge in [0.25, 0.3) is 0 Å². The molecule has 0 atom stereocenters. The van der Waals surface area contributed by atoms with Gasteiger partial charge in [0.1, 0.15) is 0 Å². The van der Waals surface area contributed by atoms with Crippen LogP contribution in [0.5, 0.6) is 0 Å². The van der Waals surface area contributed by atoms with Crippen LogP contribution in [0.25, 0.3) is 0 Å². The van der Waals surface area contributed by atoms with E-state index in [1.807, 2.05) is 0 Å². The molecule has 90 valence electrons. The number of Topliss-reactive ketones (excluding diaryl/α,β-unsaturated/α-hetero) is 1. The number of alkyl halides is 1. The van der Waals surface area contributed by atoms with Gasteiger partial charge in [-0.05, 0) is 31.0 Å². The maximum Gasteiger partial charge on any atom is 0.338 e. The Hall–Kier alpha value is -1.23. The molecule has 1 aliphatic rings. The summed E-state index contributed by atoms with van der Waals surface area (Å²) in [6.45, 7) is 0. The van der Waals surface area contributed by atoms with Gasteiger partial charge in [-0.3, -0.25) is 4.79 Å². The highest BCUT2D eigenvalue weighted by molar-refractivity contribution is 9.10. The quantitative estimate of drug-likeness (QED) is 0.637. The first-order valence-corrected chi connectivity index (χ1v) is 5.89. The molecule has 0 unspecified atom stereocenters. The van der Waals surface area contributed by atoms with E-state index >= 15 is 0 Å². The van der Waals surface area contributed by atoms with Crippen molar-refractivity contribution in [3.05, 3.63) is 33.8 Å². The van der Waals surface area contributed by atoms with Gasteiger partial charge in [-0.25, -0.2) is 9.18 Å². The van der Waals surface area contributed by atoms with E-state index in [-0.39, 0.29) is 24.0 Å². The normalized spacial score (nSPS) is 16.4. The number of carbonyl (C=O) groups excluding carboxylic acids is 2. The summed E-state index contributed by atoms with van der Waals surface area (Å²) in [5, 5.41) is 0. The molecule has 0 heterocycles. The number of methoxy groups -OCH3 is 1. The SMILES string of the molecule is COC(=O)c1ccc(Br)cc1C(=O)C1(F)CC1. The zero-order valence-electron chi connectivity index (χ0n) is 9.13. The van der Waals surface area contributed by atoms with Gasteiger partial charge in [-0.2, -0.15) is 0 Å². The van der Waals surface area contributed by atoms with Crippen molar-refractivity contribution in [3.8, 4) is 0 Å². The Bertz CT molecular complexity index is 495. The molecule has 0 aromatic heterocycles. The number of ketones is 1. The van der Waals surface area contributed by atoms with E-state index < -0.39 is 17.4 Å².